The van der Waals surface area contributed by atoms with Gasteiger partial charge in [-0.2, -0.15) is 0 Å². The van der Waals surface area contributed by atoms with Gasteiger partial charge in [0, 0.05) is 17.3 Å². The molecule has 0 rings (SSSR count). The monoisotopic (exact) mass is 102 g/mol. The lowest BCUT2D eigenvalue weighted by Gasteiger charge is -1.76. The molecule has 0 aliphatic carbocycles. The van der Waals surface area contributed by atoms with Crippen LogP contribution in [0.1, 0.15) is 0 Å². The van der Waals surface area contributed by atoms with E-state index in [9.17, 15) is 0 Å². The minimum absolute atomic E-state index is 0.481. The summed E-state index contributed by atoms with van der Waals surface area (Å²) in [4.78, 5) is 0.481. The smallest absolute Gasteiger partial charge is 0.0372 e. The maximum absolute atomic E-state index is 6.46. The van der Waals surface area contributed by atoms with Gasteiger partial charge in [-0.3, -0.25) is 0 Å². The highest BCUT2D eigenvalue weighted by molar-refractivity contribution is 7.85. The summed E-state index contributed by atoms with van der Waals surface area (Å²) in [6.07, 6.45) is 2.33. The number of hydrogen-bond acceptors (Lipinski definition) is 3. The molecule has 0 bridgehead atoms. The third-order valence-corrected chi connectivity index (χ3v) is 0.597. The molecule has 0 atom stereocenters. The first-order valence-electron chi connectivity index (χ1n) is 1.42. The third-order valence-electron chi connectivity index (χ3n) is 0.319. The van der Waals surface area contributed by atoms with Gasteiger partial charge in [-0.1, -0.05) is 0 Å². The average Bonchev–Trinajstić information content (AvgIpc) is 1.65. The van der Waals surface area contributed by atoms with Crippen LogP contribution >= 0.6 is 12.6 Å². The van der Waals surface area contributed by atoms with Crippen LogP contribution in [0.4, 0.5) is 0 Å². The number of allylic oxidation sites excluding steroid dienone is 1. The van der Waals surface area contributed by atoms with E-state index in [4.69, 9.17) is 11.1 Å². The second kappa shape index (κ2) is 2.78. The Kier molecular flexibility index (Phi) is 2.58. The Hall–Kier alpha value is -0.440. The minimum atomic E-state index is 0.481. The van der Waals surface area contributed by atoms with E-state index in [1.54, 1.807) is 0 Å². The molecule has 0 aromatic heterocycles. The van der Waals surface area contributed by atoms with Gasteiger partial charge in [0.15, 0.2) is 0 Å². The average molecular weight is 102 g/mol. The van der Waals surface area contributed by atoms with Gasteiger partial charge in [0.25, 0.3) is 0 Å². The van der Waals surface area contributed by atoms with Crippen LogP contribution in [-0.2, 0) is 0 Å². The molecule has 0 aromatic rings. The van der Waals surface area contributed by atoms with E-state index in [1.807, 2.05) is 0 Å². The number of nitrogens with one attached hydrogen (secondary N) is 1. The zero-order valence-electron chi connectivity index (χ0n) is 3.18. The summed E-state index contributed by atoms with van der Waals surface area (Å²) in [6, 6.07) is 0. The van der Waals surface area contributed by atoms with E-state index in [-0.39, 0.29) is 0 Å². The molecule has 0 saturated carbocycles. The molecule has 0 spiro atoms. The molecule has 2 nitrogen and oxygen atoms in total. The van der Waals surface area contributed by atoms with Crippen molar-refractivity contribution in [3.05, 3.63) is 11.1 Å². The molecule has 0 aromatic carbocycles. The summed E-state index contributed by atoms with van der Waals surface area (Å²) in [5.41, 5.74) is 4.89. The summed E-state index contributed by atoms with van der Waals surface area (Å²) in [5.74, 6) is 0. The maximum atomic E-state index is 6.46. The first-order valence-corrected chi connectivity index (χ1v) is 1.87. The zero-order chi connectivity index (χ0) is 4.99. The van der Waals surface area contributed by atoms with Crippen molar-refractivity contribution in [2.24, 2.45) is 5.73 Å². The fourth-order valence-electron chi connectivity index (χ4n) is 0.0481. The van der Waals surface area contributed by atoms with Gasteiger partial charge < -0.3 is 11.1 Å². The van der Waals surface area contributed by atoms with Gasteiger partial charge in [-0.25, -0.2) is 0 Å². The van der Waals surface area contributed by atoms with Gasteiger partial charge in [0.1, 0.15) is 0 Å². The van der Waals surface area contributed by atoms with Gasteiger partial charge >= 0.3 is 0 Å². The van der Waals surface area contributed by atoms with Crippen molar-refractivity contribution in [2.45, 2.75) is 0 Å². The Morgan fingerprint density at radius 1 is 1.83 bits per heavy atom. The summed E-state index contributed by atoms with van der Waals surface area (Å²) in [6.45, 7) is 0. The van der Waals surface area contributed by atoms with E-state index in [2.05, 4.69) is 12.6 Å². The van der Waals surface area contributed by atoms with Crippen LogP contribution < -0.4 is 5.73 Å². The van der Waals surface area contributed by atoms with E-state index >= 15 is 0 Å². The summed E-state index contributed by atoms with van der Waals surface area (Å²) in [7, 11) is 0. The van der Waals surface area contributed by atoms with Crippen molar-refractivity contribution in [3.8, 4) is 0 Å². The first kappa shape index (κ1) is 5.56. The fraction of sp³-hybridized carbons (Fsp3) is 0. The number of hydrogen-bond donors (Lipinski definition) is 3. The van der Waals surface area contributed by atoms with Gasteiger partial charge in [-0.15, -0.1) is 12.6 Å². The Balaban J connectivity index is 3.50. The molecule has 0 heterocycles. The summed E-state index contributed by atoms with van der Waals surface area (Å²) < 4.78 is 0. The van der Waals surface area contributed by atoms with Crippen LogP contribution in [-0.4, -0.2) is 6.21 Å². The third kappa shape index (κ3) is 1.84. The topological polar surface area (TPSA) is 49.9 Å². The molecule has 34 valence electrons. The number of nitrogens with two attached hydrogens (primary N) is 1. The fourth-order valence-corrected chi connectivity index (χ4v) is 0.0481. The second-order valence-corrected chi connectivity index (χ2v) is 1.25. The summed E-state index contributed by atoms with van der Waals surface area (Å²) >= 11 is 3.72. The van der Waals surface area contributed by atoms with Crippen LogP contribution in [0.5, 0.6) is 0 Å². The quantitative estimate of drug-likeness (QED) is 0.325. The van der Waals surface area contributed by atoms with E-state index in [0.717, 1.165) is 6.21 Å². The van der Waals surface area contributed by atoms with Crippen molar-refractivity contribution in [1.82, 2.24) is 0 Å². The molecule has 0 saturated heterocycles. The SMILES string of the molecule is N=C/C(S)=C\N. The maximum Gasteiger partial charge on any atom is 0.0372 e. The highest BCUT2D eigenvalue weighted by atomic mass is 32.1. The standard InChI is InChI=1S/C3H6N2S/c4-1-3(6)2-5/h1-2,4,6H,5H2/b3-2+,4-1?. The molecule has 0 aliphatic heterocycles. The van der Waals surface area contributed by atoms with Crippen LogP contribution in [0.15, 0.2) is 11.1 Å². The number of rotatable bonds is 1. The molecule has 0 unspecified atom stereocenters. The molecule has 6 heavy (non-hydrogen) atoms. The minimum Gasteiger partial charge on any atom is -0.404 e. The van der Waals surface area contributed by atoms with Crippen LogP contribution in [0.3, 0.4) is 0 Å². The zero-order valence-corrected chi connectivity index (χ0v) is 4.07. The van der Waals surface area contributed by atoms with Crippen LogP contribution in [0.25, 0.3) is 0 Å². The van der Waals surface area contributed by atoms with E-state index < -0.39 is 0 Å². The van der Waals surface area contributed by atoms with Gasteiger partial charge in [-0.05, 0) is 0 Å². The lowest BCUT2D eigenvalue weighted by atomic mass is 10.7. The molecular formula is C3H6N2S. The lowest BCUT2D eigenvalue weighted by Crippen LogP contribution is -1.80. The Labute approximate surface area is 42.0 Å². The Morgan fingerprint density at radius 2 is 2.33 bits per heavy atom. The van der Waals surface area contributed by atoms with Crippen molar-refractivity contribution in [1.29, 1.82) is 5.41 Å². The van der Waals surface area contributed by atoms with Gasteiger partial charge in [0.2, 0.25) is 0 Å². The van der Waals surface area contributed by atoms with Crippen molar-refractivity contribution in [3.63, 3.8) is 0 Å². The van der Waals surface area contributed by atoms with E-state index in [0.29, 0.717) is 4.91 Å². The van der Waals surface area contributed by atoms with Crippen LogP contribution in [0, 0.1) is 5.41 Å². The Morgan fingerprint density at radius 3 is 2.33 bits per heavy atom. The second-order valence-electron chi connectivity index (χ2n) is 0.736. The predicted molar refractivity (Wildman–Crippen MR) is 30.0 cm³/mol. The van der Waals surface area contributed by atoms with Gasteiger partial charge in [0.05, 0.1) is 0 Å². The molecule has 3 N–H and O–H groups in total. The molecular weight excluding hydrogens is 96.1 g/mol. The molecule has 0 fully saturated rings. The van der Waals surface area contributed by atoms with Crippen LogP contribution in [0.2, 0.25) is 0 Å². The van der Waals surface area contributed by atoms with Crippen molar-refractivity contribution in [2.75, 3.05) is 0 Å². The highest BCUT2D eigenvalue weighted by Gasteiger charge is 1.70. The predicted octanol–water partition coefficient (Wildman–Crippen LogP) is 0.366. The molecule has 0 amide bonds. The van der Waals surface area contributed by atoms with Crippen molar-refractivity contribution >= 4 is 18.8 Å². The highest BCUT2D eigenvalue weighted by Crippen LogP contribution is 1.87. The normalized spacial score (nSPS) is 11.2. The lowest BCUT2D eigenvalue weighted by molar-refractivity contribution is 1.55. The molecule has 3 heteroatoms. The first-order chi connectivity index (χ1) is 2.81. The van der Waals surface area contributed by atoms with E-state index in [1.165, 1.54) is 6.20 Å². The molecule has 0 aliphatic rings. The Bertz CT molecular complexity index is 76.9. The largest absolute Gasteiger partial charge is 0.404 e. The van der Waals surface area contributed by atoms with Crippen molar-refractivity contribution < 1.29 is 0 Å². The summed E-state index contributed by atoms with van der Waals surface area (Å²) in [5, 5.41) is 6.46. The number of thiol groups is 1. The molecule has 0 radical (unpaired) electrons.